The molecule has 1 aromatic carbocycles. The third-order valence-electron chi connectivity index (χ3n) is 8.02. The molecule has 2 unspecified atom stereocenters. The first-order valence-electron chi connectivity index (χ1n) is 12.6. The van der Waals surface area contributed by atoms with E-state index in [1.165, 1.54) is 28.5 Å². The van der Waals surface area contributed by atoms with Crippen molar-refractivity contribution in [2.45, 2.75) is 88.4 Å². The van der Waals surface area contributed by atoms with E-state index in [9.17, 15) is 9.35 Å². The summed E-state index contributed by atoms with van der Waals surface area (Å²) in [7, 11) is -1.90. The smallest absolute Gasteiger partial charge is 0.361 e. The molecule has 1 aliphatic heterocycles. The van der Waals surface area contributed by atoms with Crippen LogP contribution in [-0.2, 0) is 41.5 Å². The molecule has 0 spiro atoms. The van der Waals surface area contributed by atoms with Crippen molar-refractivity contribution < 1.29 is 18.5 Å². The van der Waals surface area contributed by atoms with Crippen LogP contribution < -0.4 is 14.8 Å². The van der Waals surface area contributed by atoms with Gasteiger partial charge in [-0.05, 0) is 78.9 Å². The molecule has 0 bridgehead atoms. The summed E-state index contributed by atoms with van der Waals surface area (Å²) in [6, 6.07) is 1.78. The Bertz CT molecular complexity index is 1110. The number of benzene rings is 1. The fraction of sp³-hybridized carbons (Fsp3) is 0.600. The summed E-state index contributed by atoms with van der Waals surface area (Å²) >= 11 is -1.79. The highest BCUT2D eigenvalue weighted by molar-refractivity contribution is 7.90. The molecule has 2 aliphatic carbocycles. The van der Waals surface area contributed by atoms with Crippen LogP contribution in [-0.4, -0.2) is 41.9 Å². The normalized spacial score (nSPS) is 19.7. The molecule has 5 rings (SSSR count). The van der Waals surface area contributed by atoms with E-state index in [2.05, 4.69) is 55.1 Å². The Kier molecular flexibility index (Phi) is 6.44. The zero-order chi connectivity index (χ0) is 25.0. The molecule has 0 radical (unpaired) electrons. The Balaban J connectivity index is 1.25. The maximum absolute atomic E-state index is 13.1. The molecular formula is C25H36N4O4SSi. The van der Waals surface area contributed by atoms with Gasteiger partial charge < -0.3 is 19.0 Å². The summed E-state index contributed by atoms with van der Waals surface area (Å²) in [5, 5.41) is 7.56. The monoisotopic (exact) mass is 516 g/mol. The summed E-state index contributed by atoms with van der Waals surface area (Å²) in [5.41, 5.74) is 6.10. The number of aromatic nitrogens is 2. The molecule has 2 N–H and O–H groups in total. The lowest BCUT2D eigenvalue weighted by Crippen LogP contribution is -2.42. The molecule has 1 aromatic heterocycles. The minimum atomic E-state index is -1.90. The first kappa shape index (κ1) is 24.7. The van der Waals surface area contributed by atoms with Gasteiger partial charge in [0.2, 0.25) is 0 Å². The Morgan fingerprint density at radius 1 is 1.23 bits per heavy atom. The molecule has 0 saturated carbocycles. The Morgan fingerprint density at radius 3 is 2.51 bits per heavy atom. The predicted octanol–water partition coefficient (Wildman–Crippen LogP) is 4.66. The summed E-state index contributed by atoms with van der Waals surface area (Å²) < 4.78 is 29.6. The Morgan fingerprint density at radius 2 is 1.89 bits per heavy atom. The number of rotatable bonds is 6. The highest BCUT2D eigenvalue weighted by Gasteiger charge is 2.40. The summed E-state index contributed by atoms with van der Waals surface area (Å²) in [5.74, 6) is 0.439. The fourth-order valence-electron chi connectivity index (χ4n) is 4.99. The third-order valence-corrected chi connectivity index (χ3v) is 13.6. The molecular weight excluding hydrogens is 480 g/mol. The van der Waals surface area contributed by atoms with E-state index in [1.807, 2.05) is 0 Å². The molecule has 2 heterocycles. The van der Waals surface area contributed by atoms with Crippen molar-refractivity contribution in [2.24, 2.45) is 0 Å². The van der Waals surface area contributed by atoms with E-state index in [4.69, 9.17) is 9.16 Å². The van der Waals surface area contributed by atoms with Gasteiger partial charge in [-0.25, -0.2) is 9.48 Å². The van der Waals surface area contributed by atoms with Gasteiger partial charge in [0.1, 0.15) is 30.2 Å². The van der Waals surface area contributed by atoms with Gasteiger partial charge in [0.25, 0.3) is 10.8 Å². The number of hydrogen-bond acceptors (Lipinski definition) is 5. The van der Waals surface area contributed by atoms with Gasteiger partial charge in [0.15, 0.2) is 8.32 Å². The molecule has 8 nitrogen and oxygen atoms in total. The SMILES string of the molecule is CC(C)(C)[Si](C)(C)OCC1COc2c([S+]([O-])NC(=O)Nc3c4c(cc5c3CCC5)CCC4)cnn21. The second-order valence-electron chi connectivity index (χ2n) is 11.4. The van der Waals surface area contributed by atoms with E-state index in [1.54, 1.807) is 4.68 Å². The topological polar surface area (TPSA) is 100 Å². The Labute approximate surface area is 211 Å². The summed E-state index contributed by atoms with van der Waals surface area (Å²) in [6.45, 7) is 12.0. The highest BCUT2D eigenvalue weighted by atomic mass is 32.2. The van der Waals surface area contributed by atoms with Crippen molar-refractivity contribution in [1.29, 1.82) is 0 Å². The number of carbonyl (C=O) groups excluding carboxylic acids is 1. The first-order valence-corrected chi connectivity index (χ1v) is 16.6. The van der Waals surface area contributed by atoms with Crippen LogP contribution in [0.5, 0.6) is 5.88 Å². The molecule has 0 fully saturated rings. The van der Waals surface area contributed by atoms with Crippen LogP contribution in [0, 0.1) is 0 Å². The van der Waals surface area contributed by atoms with Crippen molar-refractivity contribution in [3.8, 4) is 5.88 Å². The number of nitrogens with zero attached hydrogens (tertiary/aromatic N) is 2. The number of aryl methyl sites for hydroxylation is 2. The standard InChI is InChI=1S/C25H36N4O4SSi/c1-25(2,3)35(4,5)33-15-18-14-32-23-21(13-26-29(18)23)34(31)28-24(30)27-22-19-10-6-8-16(19)12-17-9-7-11-20(17)22/h12-13,18H,6-11,14-15H2,1-5H3,(H2,27,28,30). The second-order valence-corrected chi connectivity index (χ2v) is 17.3. The number of hydrogen-bond donors (Lipinski definition) is 2. The number of fused-ring (bicyclic) bond motifs is 3. The van der Waals surface area contributed by atoms with Crippen molar-refractivity contribution in [1.82, 2.24) is 14.5 Å². The summed E-state index contributed by atoms with van der Waals surface area (Å²) in [4.78, 5) is 13.3. The molecule has 3 aliphatic rings. The van der Waals surface area contributed by atoms with Crippen LogP contribution in [0.25, 0.3) is 0 Å². The molecule has 190 valence electrons. The average molecular weight is 517 g/mol. The van der Waals surface area contributed by atoms with Crippen molar-refractivity contribution in [2.75, 3.05) is 18.5 Å². The summed E-state index contributed by atoms with van der Waals surface area (Å²) in [6.07, 6.45) is 7.81. The number of anilines is 1. The third kappa shape index (κ3) is 4.61. The van der Waals surface area contributed by atoms with Gasteiger partial charge in [-0.1, -0.05) is 26.8 Å². The molecule has 35 heavy (non-hydrogen) atoms. The highest BCUT2D eigenvalue weighted by Crippen LogP contribution is 2.40. The molecule has 2 amide bonds. The lowest BCUT2D eigenvalue weighted by molar-refractivity contribution is 0.208. The lowest BCUT2D eigenvalue weighted by atomic mass is 9.99. The number of carbonyl (C=O) groups is 1. The minimum Gasteiger partial charge on any atom is -0.588 e. The van der Waals surface area contributed by atoms with Crippen molar-refractivity contribution >= 4 is 31.4 Å². The van der Waals surface area contributed by atoms with Gasteiger partial charge >= 0.3 is 6.03 Å². The van der Waals surface area contributed by atoms with E-state index in [0.29, 0.717) is 24.0 Å². The largest absolute Gasteiger partial charge is 0.588 e. The number of urea groups is 1. The van der Waals surface area contributed by atoms with Crippen LogP contribution in [0.3, 0.4) is 0 Å². The van der Waals surface area contributed by atoms with Gasteiger partial charge in [-0.3, -0.25) is 0 Å². The van der Waals surface area contributed by atoms with Gasteiger partial charge in [-0.2, -0.15) is 5.10 Å². The van der Waals surface area contributed by atoms with Crippen molar-refractivity contribution in [3.63, 3.8) is 0 Å². The minimum absolute atomic E-state index is 0.0757. The lowest BCUT2D eigenvalue weighted by Gasteiger charge is -2.36. The zero-order valence-corrected chi connectivity index (χ0v) is 23.1. The number of amides is 2. The van der Waals surface area contributed by atoms with E-state index in [-0.39, 0.29) is 11.1 Å². The molecule has 0 saturated heterocycles. The average Bonchev–Trinajstić information content (AvgIpc) is 3.55. The van der Waals surface area contributed by atoms with Gasteiger partial charge in [-0.15, -0.1) is 4.72 Å². The van der Waals surface area contributed by atoms with Crippen LogP contribution in [0.15, 0.2) is 17.2 Å². The maximum atomic E-state index is 13.1. The molecule has 2 aromatic rings. The second kappa shape index (κ2) is 9.13. The van der Waals surface area contributed by atoms with E-state index in [0.717, 1.165) is 44.2 Å². The Hall–Kier alpha value is -2.01. The van der Waals surface area contributed by atoms with Gasteiger partial charge in [0, 0.05) is 5.69 Å². The van der Waals surface area contributed by atoms with Crippen molar-refractivity contribution in [3.05, 3.63) is 34.5 Å². The van der Waals surface area contributed by atoms with Gasteiger partial charge in [0.05, 0.1) is 6.61 Å². The molecule has 2 atom stereocenters. The predicted molar refractivity (Wildman–Crippen MR) is 139 cm³/mol. The molecule has 10 heteroatoms. The number of ether oxygens (including phenoxy) is 1. The fourth-order valence-corrected chi connectivity index (χ4v) is 6.82. The maximum Gasteiger partial charge on any atom is 0.361 e. The van der Waals surface area contributed by atoms with E-state index >= 15 is 0 Å². The van der Waals surface area contributed by atoms with Crippen LogP contribution in [0.4, 0.5) is 10.5 Å². The van der Waals surface area contributed by atoms with Crippen LogP contribution in [0.2, 0.25) is 18.1 Å². The number of nitrogens with one attached hydrogen (secondary N) is 2. The van der Waals surface area contributed by atoms with Crippen LogP contribution >= 0.6 is 0 Å². The zero-order valence-electron chi connectivity index (χ0n) is 21.3. The first-order chi connectivity index (χ1) is 16.5. The quantitative estimate of drug-likeness (QED) is 0.430. The van der Waals surface area contributed by atoms with E-state index < -0.39 is 25.7 Å². The van der Waals surface area contributed by atoms with Crippen LogP contribution in [0.1, 0.15) is 61.9 Å².